The Kier molecular flexibility index (Phi) is 5.22. The maximum Gasteiger partial charge on any atom is 0.315 e. The Balaban J connectivity index is 1.21. The van der Waals surface area contributed by atoms with Crippen LogP contribution >= 0.6 is 23.1 Å². The number of carbonyl (C=O) groups is 2. The minimum atomic E-state index is -0.0241. The number of unbranched alkanes of at least 4 members (excludes halogenated alkanes) is 1. The van der Waals surface area contributed by atoms with E-state index in [1.54, 1.807) is 11.3 Å². The number of urea groups is 1. The Hall–Kier alpha value is -1.21. The van der Waals surface area contributed by atoms with Crippen LogP contribution in [0.4, 0.5) is 4.79 Å². The van der Waals surface area contributed by atoms with E-state index in [0.717, 1.165) is 44.4 Å². The molecule has 4 heterocycles. The van der Waals surface area contributed by atoms with Gasteiger partial charge in [0, 0.05) is 24.0 Å². The molecular formula is C18H25N3O2S2. The van der Waals surface area contributed by atoms with Gasteiger partial charge in [0.25, 0.3) is 0 Å². The van der Waals surface area contributed by atoms with Crippen molar-refractivity contribution in [1.29, 1.82) is 0 Å². The zero-order chi connectivity index (χ0) is 17.2. The third kappa shape index (κ3) is 3.67. The van der Waals surface area contributed by atoms with Gasteiger partial charge in [0.1, 0.15) is 0 Å². The number of carbonyl (C=O) groups excluding carboxylic acids is 2. The molecule has 0 aliphatic carbocycles. The minimum Gasteiger partial charge on any atom is -0.336 e. The van der Waals surface area contributed by atoms with Crippen molar-refractivity contribution >= 4 is 35.0 Å². The normalized spacial score (nSPS) is 31.0. The standard InChI is InChI=1S/C18H25N3O2S2/c22-16(21-8-3-4-14(21)12-7-9-24-10-12)6-2-1-5-15-17-13(11-25-15)19-18(23)20-17/h7,9-10,13-15,17H,1-6,8,11H2,(H2,19,20,23)/t13-,14?,15-,17-/m0/s1. The summed E-state index contributed by atoms with van der Waals surface area (Å²) in [4.78, 5) is 26.1. The molecule has 4 atom stereocenters. The molecule has 1 aromatic heterocycles. The van der Waals surface area contributed by atoms with Gasteiger partial charge in [-0.3, -0.25) is 4.79 Å². The highest BCUT2D eigenvalue weighted by Crippen LogP contribution is 2.35. The summed E-state index contributed by atoms with van der Waals surface area (Å²) < 4.78 is 0. The fraction of sp³-hybridized carbons (Fsp3) is 0.667. The van der Waals surface area contributed by atoms with Gasteiger partial charge in [-0.2, -0.15) is 23.1 Å². The van der Waals surface area contributed by atoms with Gasteiger partial charge in [-0.15, -0.1) is 0 Å². The van der Waals surface area contributed by atoms with E-state index in [0.29, 0.717) is 29.7 Å². The summed E-state index contributed by atoms with van der Waals surface area (Å²) in [6.45, 7) is 0.902. The number of hydrogen-bond acceptors (Lipinski definition) is 4. The van der Waals surface area contributed by atoms with Crippen molar-refractivity contribution in [3.05, 3.63) is 22.4 Å². The van der Waals surface area contributed by atoms with Gasteiger partial charge in [0.2, 0.25) is 5.91 Å². The molecule has 0 saturated carbocycles. The topological polar surface area (TPSA) is 61.4 Å². The van der Waals surface area contributed by atoms with E-state index in [1.165, 1.54) is 5.56 Å². The number of hydrogen-bond donors (Lipinski definition) is 2. The summed E-state index contributed by atoms with van der Waals surface area (Å²) in [6, 6.07) is 2.99. The van der Waals surface area contributed by atoms with Crippen LogP contribution in [0.1, 0.15) is 50.1 Å². The molecule has 3 aliphatic heterocycles. The number of nitrogens with zero attached hydrogens (tertiary/aromatic N) is 1. The summed E-state index contributed by atoms with van der Waals surface area (Å²) in [6.07, 6.45) is 5.93. The van der Waals surface area contributed by atoms with E-state index in [-0.39, 0.29) is 12.1 Å². The Morgan fingerprint density at radius 3 is 3.08 bits per heavy atom. The molecule has 0 radical (unpaired) electrons. The molecule has 3 fully saturated rings. The van der Waals surface area contributed by atoms with Gasteiger partial charge in [-0.05, 0) is 48.1 Å². The number of rotatable bonds is 6. The Morgan fingerprint density at radius 1 is 1.32 bits per heavy atom. The van der Waals surface area contributed by atoms with Crippen molar-refractivity contribution in [1.82, 2.24) is 15.5 Å². The molecule has 0 spiro atoms. The zero-order valence-corrected chi connectivity index (χ0v) is 15.9. The van der Waals surface area contributed by atoms with Crippen molar-refractivity contribution in [3.8, 4) is 0 Å². The highest BCUT2D eigenvalue weighted by molar-refractivity contribution is 8.00. The predicted molar refractivity (Wildman–Crippen MR) is 102 cm³/mol. The molecule has 2 N–H and O–H groups in total. The number of fused-ring (bicyclic) bond motifs is 1. The molecule has 0 bridgehead atoms. The zero-order valence-electron chi connectivity index (χ0n) is 14.3. The molecule has 136 valence electrons. The van der Waals surface area contributed by atoms with E-state index < -0.39 is 0 Å². The smallest absolute Gasteiger partial charge is 0.315 e. The predicted octanol–water partition coefficient (Wildman–Crippen LogP) is 3.14. The lowest BCUT2D eigenvalue weighted by atomic mass is 10.0. The Bertz CT molecular complexity index is 622. The summed E-state index contributed by atoms with van der Waals surface area (Å²) in [7, 11) is 0. The SMILES string of the molecule is O=C1N[C@H]2[C@H](CS[C@H]2CCCCC(=O)N2CCCC2c2ccsc2)N1. The minimum absolute atomic E-state index is 0.0241. The molecule has 3 aliphatic rings. The quantitative estimate of drug-likeness (QED) is 0.590. The third-order valence-corrected chi connectivity index (χ3v) is 7.78. The lowest BCUT2D eigenvalue weighted by Gasteiger charge is -2.24. The largest absolute Gasteiger partial charge is 0.336 e. The van der Waals surface area contributed by atoms with Gasteiger partial charge >= 0.3 is 6.03 Å². The van der Waals surface area contributed by atoms with Crippen molar-refractivity contribution < 1.29 is 9.59 Å². The molecule has 1 unspecified atom stereocenters. The van der Waals surface area contributed by atoms with Gasteiger partial charge < -0.3 is 15.5 Å². The van der Waals surface area contributed by atoms with Crippen LogP contribution in [0.3, 0.4) is 0 Å². The second-order valence-corrected chi connectivity index (χ2v) is 9.22. The number of likely N-dealkylation sites (tertiary alicyclic amines) is 1. The number of thiophene rings is 1. The first-order valence-corrected chi connectivity index (χ1v) is 11.2. The summed E-state index contributed by atoms with van der Waals surface area (Å²) in [5, 5.41) is 10.8. The highest BCUT2D eigenvalue weighted by atomic mass is 32.2. The van der Waals surface area contributed by atoms with E-state index in [4.69, 9.17) is 0 Å². The van der Waals surface area contributed by atoms with E-state index in [1.807, 2.05) is 11.8 Å². The number of thioether (sulfide) groups is 1. The lowest BCUT2D eigenvalue weighted by molar-refractivity contribution is -0.132. The second-order valence-electron chi connectivity index (χ2n) is 7.17. The lowest BCUT2D eigenvalue weighted by Crippen LogP contribution is -2.36. The Morgan fingerprint density at radius 2 is 2.24 bits per heavy atom. The van der Waals surface area contributed by atoms with Gasteiger partial charge in [0.05, 0.1) is 18.1 Å². The van der Waals surface area contributed by atoms with Crippen LogP contribution < -0.4 is 10.6 Å². The summed E-state index contributed by atoms with van der Waals surface area (Å²) >= 11 is 3.66. The monoisotopic (exact) mass is 379 g/mol. The molecule has 0 aromatic carbocycles. The molecule has 5 nitrogen and oxygen atoms in total. The Labute approximate surface area is 156 Å². The molecular weight excluding hydrogens is 354 g/mol. The van der Waals surface area contributed by atoms with Gasteiger partial charge in [0.15, 0.2) is 0 Å². The maximum absolute atomic E-state index is 12.6. The molecule has 3 saturated heterocycles. The highest BCUT2D eigenvalue weighted by Gasteiger charge is 2.42. The molecule has 1 aromatic rings. The first-order valence-electron chi connectivity index (χ1n) is 9.22. The van der Waals surface area contributed by atoms with Crippen LogP contribution in [-0.2, 0) is 4.79 Å². The first-order chi connectivity index (χ1) is 12.2. The van der Waals surface area contributed by atoms with E-state index >= 15 is 0 Å². The number of amides is 3. The molecule has 7 heteroatoms. The van der Waals surface area contributed by atoms with Crippen LogP contribution in [-0.4, -0.2) is 46.5 Å². The molecule has 3 amide bonds. The molecule has 4 rings (SSSR count). The summed E-state index contributed by atoms with van der Waals surface area (Å²) in [5.41, 5.74) is 1.30. The van der Waals surface area contributed by atoms with Crippen molar-refractivity contribution in [3.63, 3.8) is 0 Å². The van der Waals surface area contributed by atoms with Gasteiger partial charge in [-0.1, -0.05) is 6.42 Å². The third-order valence-electron chi connectivity index (χ3n) is 5.57. The van der Waals surface area contributed by atoms with Gasteiger partial charge in [-0.25, -0.2) is 4.79 Å². The summed E-state index contributed by atoms with van der Waals surface area (Å²) in [5.74, 6) is 1.31. The van der Waals surface area contributed by atoms with Crippen LogP contribution in [0.15, 0.2) is 16.8 Å². The average molecular weight is 380 g/mol. The average Bonchev–Trinajstić information content (AvgIpc) is 3.35. The van der Waals surface area contributed by atoms with E-state index in [9.17, 15) is 9.59 Å². The van der Waals surface area contributed by atoms with E-state index in [2.05, 4.69) is 32.4 Å². The van der Waals surface area contributed by atoms with Crippen molar-refractivity contribution in [2.45, 2.75) is 61.9 Å². The van der Waals surface area contributed by atoms with Crippen molar-refractivity contribution in [2.75, 3.05) is 12.3 Å². The molecule has 25 heavy (non-hydrogen) atoms. The van der Waals surface area contributed by atoms with Crippen LogP contribution in [0.25, 0.3) is 0 Å². The number of nitrogens with one attached hydrogen (secondary N) is 2. The van der Waals surface area contributed by atoms with Crippen molar-refractivity contribution in [2.24, 2.45) is 0 Å². The second kappa shape index (κ2) is 7.58. The van der Waals surface area contributed by atoms with Crippen LogP contribution in [0.5, 0.6) is 0 Å². The fourth-order valence-electron chi connectivity index (χ4n) is 4.28. The first kappa shape index (κ1) is 17.2. The fourth-order valence-corrected chi connectivity index (χ4v) is 6.54. The van der Waals surface area contributed by atoms with Crippen LogP contribution in [0, 0.1) is 0 Å². The van der Waals surface area contributed by atoms with Crippen LogP contribution in [0.2, 0.25) is 0 Å². The maximum atomic E-state index is 12.6.